The average molecular weight is 974 g/mol. The lowest BCUT2D eigenvalue weighted by Gasteiger charge is -2.36. The van der Waals surface area contributed by atoms with Gasteiger partial charge < -0.3 is 23.5 Å². The van der Waals surface area contributed by atoms with Gasteiger partial charge >= 0.3 is 5.97 Å². The summed E-state index contributed by atoms with van der Waals surface area (Å²) in [6.45, 7) is 16.4. The summed E-state index contributed by atoms with van der Waals surface area (Å²) < 4.78 is 54.7. The van der Waals surface area contributed by atoms with E-state index in [1.807, 2.05) is 24.3 Å². The molecule has 2 aliphatic heterocycles. The predicted molar refractivity (Wildman–Crippen MR) is 264 cm³/mol. The number of ether oxygens (including phenoxy) is 3. The van der Waals surface area contributed by atoms with Crippen molar-refractivity contribution in [2.45, 2.75) is 178 Å². The van der Waals surface area contributed by atoms with Gasteiger partial charge in [-0.2, -0.15) is 0 Å². The summed E-state index contributed by atoms with van der Waals surface area (Å²) in [6, 6.07) is 6.86. The molecule has 1 aromatic carbocycles. The van der Waals surface area contributed by atoms with E-state index in [9.17, 15) is 22.8 Å². The molecule has 5 fully saturated rings. The van der Waals surface area contributed by atoms with Crippen LogP contribution in [-0.2, 0) is 44.8 Å². The van der Waals surface area contributed by atoms with E-state index in [2.05, 4.69) is 57.3 Å². The number of Topliss-reactive ketones (excluding diaryl/α,β-unsaturated/α-hetero) is 1. The summed E-state index contributed by atoms with van der Waals surface area (Å²) in [4.78, 5) is 64.6. The molecule has 13 nitrogen and oxygen atoms in total. The van der Waals surface area contributed by atoms with Crippen LogP contribution in [0.3, 0.4) is 0 Å². The molecule has 6 aliphatic rings. The third kappa shape index (κ3) is 11.2. The molecule has 7 atom stereocenters. The number of allylic oxidation sites excluding steroid dienone is 3. The maximum Gasteiger partial charge on any atom is 0.306 e. The molecule has 2 aromatic rings. The van der Waals surface area contributed by atoms with Crippen LogP contribution in [0.1, 0.15) is 135 Å². The van der Waals surface area contributed by atoms with E-state index in [4.69, 9.17) is 23.6 Å². The zero-order chi connectivity index (χ0) is 48.4. The van der Waals surface area contributed by atoms with Crippen molar-refractivity contribution in [1.29, 1.82) is 0 Å². The number of amides is 2. The predicted octanol–water partition coefficient (Wildman–Crippen LogP) is 9.32. The maximum atomic E-state index is 15.2. The molecule has 4 aliphatic carbocycles. The van der Waals surface area contributed by atoms with Gasteiger partial charge in [0.1, 0.15) is 18.0 Å². The summed E-state index contributed by atoms with van der Waals surface area (Å²) in [5.74, 6) is -1.57. The Morgan fingerprint density at radius 3 is 2.43 bits per heavy atom. The van der Waals surface area contributed by atoms with E-state index in [1.54, 1.807) is 11.0 Å². The fraction of sp³-hybridized carbons (Fsp3) is 0.679. The highest BCUT2D eigenvalue weighted by atomic mass is 32.2. The van der Waals surface area contributed by atoms with E-state index in [0.717, 1.165) is 81.6 Å². The minimum Gasteiger partial charge on any atom is -0.492 e. The van der Waals surface area contributed by atoms with Gasteiger partial charge in [0.25, 0.3) is 0 Å². The first-order chi connectivity index (χ1) is 32.4. The first kappa shape index (κ1) is 50.3. The molecule has 0 unspecified atom stereocenters. The zero-order valence-electron chi connectivity index (χ0n) is 41.1. The Kier molecular flexibility index (Phi) is 15.3. The van der Waals surface area contributed by atoms with Crippen LogP contribution in [0, 0.1) is 29.1 Å². The van der Waals surface area contributed by atoms with Gasteiger partial charge in [0.05, 0.1) is 53.3 Å². The summed E-state index contributed by atoms with van der Waals surface area (Å²) in [6.07, 6.45) is 16.1. The lowest BCUT2D eigenvalue weighted by Crippen LogP contribution is -2.47. The minimum atomic E-state index is -3.87. The second-order valence-corrected chi connectivity index (χ2v) is 29.0. The SMILES string of the molecule is C=C[C@@H]1C[C@]1(CC(=O)[C@@H]1C[C@@H]2CN1C(=O)[C@H](C1CCCC1)CC(=O)O[C@@H]1CCC[C@H]1CC/C=C/Cc1c(nc3ccccc3c1OCCCCO[Si](C)(C)C(C)(C)C)O2)C(=O)NS(=O)(=O)C1CC1. The summed E-state index contributed by atoms with van der Waals surface area (Å²) in [5.41, 5.74) is 0.176. The monoisotopic (exact) mass is 973 g/mol. The molecule has 2 amide bonds. The lowest BCUT2D eigenvalue weighted by atomic mass is 9.86. The quantitative estimate of drug-likeness (QED) is 0.0782. The molecule has 0 radical (unpaired) electrons. The Balaban J connectivity index is 1.12. The van der Waals surface area contributed by atoms with E-state index < -0.39 is 58.9 Å². The fourth-order valence-corrected chi connectivity index (χ4v) is 13.5. The second kappa shape index (κ2) is 20.7. The van der Waals surface area contributed by atoms with Gasteiger partial charge in [-0.05, 0) is 131 Å². The molecule has 372 valence electrons. The minimum absolute atomic E-state index is 0.0497. The number of para-hydroxylation sites is 1. The van der Waals surface area contributed by atoms with Gasteiger partial charge in [0.2, 0.25) is 27.7 Å². The number of pyridine rings is 1. The Morgan fingerprint density at radius 1 is 0.971 bits per heavy atom. The first-order valence-electron chi connectivity index (χ1n) is 25.6. The molecule has 0 spiro atoms. The standard InChI is InChI=1S/C53H75N3O10SSi/c1-7-37-32-53(37,51(60)55-67(61,62)39-26-27-39)33-45(57)44-30-38-34-56(44)50(59)42(35-18-11-12-19-35)31-47(58)66-46-25-17-21-36(46)20-9-8-10-23-41-48(40-22-13-14-24-43(40)54-49(41)65-38)63-28-15-16-29-64-68(5,6)52(2,3)4/h7-8,10,13-14,22,24,35-39,42,44,46H,1,9,11-12,15-21,23,25-34H2,2-6H3,(H,55,60)/b10-8+/t36-,37-,38-,42+,44+,46-,53-/m1/s1. The number of hydrogen-bond acceptors (Lipinski definition) is 11. The number of ketones is 1. The number of sulfonamides is 1. The molecule has 4 saturated carbocycles. The van der Waals surface area contributed by atoms with Crippen molar-refractivity contribution >= 4 is 52.8 Å². The number of hydrogen-bond donors (Lipinski definition) is 1. The smallest absolute Gasteiger partial charge is 0.306 e. The summed E-state index contributed by atoms with van der Waals surface area (Å²) >= 11 is 0. The van der Waals surface area contributed by atoms with E-state index >= 15 is 4.79 Å². The molecule has 3 heterocycles. The van der Waals surface area contributed by atoms with Crippen molar-refractivity contribution in [3.63, 3.8) is 0 Å². The van der Waals surface area contributed by atoms with Crippen LogP contribution in [0.15, 0.2) is 49.1 Å². The largest absolute Gasteiger partial charge is 0.492 e. The number of aromatic nitrogens is 1. The fourth-order valence-electron chi connectivity index (χ4n) is 11.0. The average Bonchev–Trinajstić information content (AvgIpc) is 4.08. The molecular weight excluding hydrogens is 899 g/mol. The van der Waals surface area contributed by atoms with Crippen molar-refractivity contribution in [1.82, 2.24) is 14.6 Å². The zero-order valence-corrected chi connectivity index (χ0v) is 42.9. The van der Waals surface area contributed by atoms with Crippen molar-refractivity contribution in [3.05, 3.63) is 54.6 Å². The Labute approximate surface area is 405 Å². The van der Waals surface area contributed by atoms with Gasteiger partial charge in [0, 0.05) is 24.8 Å². The Bertz CT molecular complexity index is 2350. The molecule has 8 rings (SSSR count). The maximum absolute atomic E-state index is 15.2. The molecule has 1 N–H and O–H groups in total. The van der Waals surface area contributed by atoms with Crippen LogP contribution >= 0.6 is 0 Å². The third-order valence-electron chi connectivity index (χ3n) is 16.4. The van der Waals surface area contributed by atoms with Crippen molar-refractivity contribution in [3.8, 4) is 11.6 Å². The number of fused-ring (bicyclic) bond motifs is 5. The van der Waals surface area contributed by atoms with E-state index in [0.29, 0.717) is 49.6 Å². The van der Waals surface area contributed by atoms with Crippen LogP contribution in [0.2, 0.25) is 18.1 Å². The highest BCUT2D eigenvalue weighted by Gasteiger charge is 2.61. The van der Waals surface area contributed by atoms with E-state index in [-0.39, 0.29) is 72.9 Å². The molecule has 1 saturated heterocycles. The summed E-state index contributed by atoms with van der Waals surface area (Å²) in [5, 5.41) is 0.377. The van der Waals surface area contributed by atoms with Gasteiger partial charge in [-0.3, -0.25) is 23.9 Å². The topological polar surface area (TPSA) is 168 Å². The number of benzene rings is 1. The Hall–Kier alpha value is -4.08. The lowest BCUT2D eigenvalue weighted by molar-refractivity contribution is -0.156. The van der Waals surface area contributed by atoms with Crippen LogP contribution in [-0.4, -0.2) is 93.4 Å². The van der Waals surface area contributed by atoms with Gasteiger partial charge in [-0.1, -0.05) is 64.0 Å². The van der Waals surface area contributed by atoms with Crippen molar-refractivity contribution in [2.24, 2.45) is 29.1 Å². The van der Waals surface area contributed by atoms with Gasteiger partial charge in [0.15, 0.2) is 14.1 Å². The third-order valence-corrected chi connectivity index (χ3v) is 22.8. The van der Waals surface area contributed by atoms with Crippen molar-refractivity contribution < 1.29 is 46.2 Å². The van der Waals surface area contributed by atoms with Crippen LogP contribution in [0.25, 0.3) is 10.9 Å². The summed E-state index contributed by atoms with van der Waals surface area (Å²) in [7, 11) is -5.76. The molecular formula is C53H75N3O10SSi. The first-order valence-corrected chi connectivity index (χ1v) is 30.1. The number of esters is 1. The number of nitrogens with one attached hydrogen (secondary N) is 1. The van der Waals surface area contributed by atoms with Crippen LogP contribution in [0.5, 0.6) is 11.6 Å². The number of nitrogens with zero attached hydrogens (tertiary/aromatic N) is 2. The molecule has 68 heavy (non-hydrogen) atoms. The normalized spacial score (nSPS) is 29.0. The van der Waals surface area contributed by atoms with Gasteiger partial charge in [-0.25, -0.2) is 13.4 Å². The van der Waals surface area contributed by atoms with Gasteiger partial charge in [-0.15, -0.1) is 6.58 Å². The molecule has 2 bridgehead atoms. The van der Waals surface area contributed by atoms with Crippen molar-refractivity contribution in [2.75, 3.05) is 19.8 Å². The molecule has 1 aromatic heterocycles. The second-order valence-electron chi connectivity index (χ2n) is 22.2. The van der Waals surface area contributed by atoms with Crippen LogP contribution < -0.4 is 14.2 Å². The highest BCUT2D eigenvalue weighted by molar-refractivity contribution is 7.90. The number of rotatable bonds is 15. The number of carbonyl (C=O) groups is 4. The number of unbranched alkanes of at least 4 members (excludes halogenated alkanes) is 1. The highest BCUT2D eigenvalue weighted by Crippen LogP contribution is 2.57. The molecule has 15 heteroatoms. The van der Waals surface area contributed by atoms with E-state index in [1.165, 1.54) is 0 Å². The number of carbonyl (C=O) groups excluding carboxylic acids is 4. The Morgan fingerprint density at radius 2 is 1.71 bits per heavy atom. The van der Waals surface area contributed by atoms with Crippen LogP contribution in [0.4, 0.5) is 0 Å².